The Bertz CT molecular complexity index is 312. The number of hydrogen-bond acceptors (Lipinski definition) is 3. The maximum Gasteiger partial charge on any atom is 0.359 e. The summed E-state index contributed by atoms with van der Waals surface area (Å²) in [6, 6.07) is 1.69. The van der Waals surface area contributed by atoms with Gasteiger partial charge < -0.3 is 0 Å². The number of rotatable bonds is 1. The van der Waals surface area contributed by atoms with Gasteiger partial charge in [-0.3, -0.25) is 15.8 Å². The average Bonchev–Trinajstić information content (AvgIpc) is 1.82. The first-order valence-electron chi connectivity index (χ1n) is 3.45. The lowest BCUT2D eigenvalue weighted by molar-refractivity contribution is -0.413. The van der Waals surface area contributed by atoms with Crippen molar-refractivity contribution in [2.45, 2.75) is 13.8 Å². The molecule has 5 nitrogen and oxygen atoms in total. The number of nitrogens with two attached hydrogens (primary N) is 1. The number of hydrogen-bond donors (Lipinski definition) is 1. The van der Waals surface area contributed by atoms with Crippen LogP contribution in [0.3, 0.4) is 0 Å². The fourth-order valence-electron chi connectivity index (χ4n) is 1.16. The molecule has 0 bridgehead atoms. The molecule has 0 saturated carbocycles. The molecule has 64 valence electrons. The van der Waals surface area contributed by atoms with Gasteiger partial charge >= 0.3 is 11.5 Å². The standard InChI is InChI=1S/C7H9N3O2/c1-4-3-5(2)9-7(8)6(4)10(11)12/h3H,1-2H3,(H2,8,9)/p+1. The van der Waals surface area contributed by atoms with E-state index >= 15 is 0 Å². The summed E-state index contributed by atoms with van der Waals surface area (Å²) in [7, 11) is 0. The van der Waals surface area contributed by atoms with Gasteiger partial charge in [0.1, 0.15) is 0 Å². The molecular formula is C7H10N3O2+. The molecular weight excluding hydrogens is 158 g/mol. The van der Waals surface area contributed by atoms with Crippen LogP contribution < -0.4 is 10.7 Å². The Morgan fingerprint density at radius 2 is 2.17 bits per heavy atom. The zero-order valence-electron chi connectivity index (χ0n) is 6.92. The molecule has 1 aromatic heterocycles. The molecule has 0 fully saturated rings. The van der Waals surface area contributed by atoms with E-state index in [1.807, 2.05) is 0 Å². The molecule has 0 aliphatic heterocycles. The highest BCUT2D eigenvalue weighted by molar-refractivity contribution is 5.53. The monoisotopic (exact) mass is 168 g/mol. The number of aromatic nitrogens is 1. The molecule has 0 amide bonds. The fourth-order valence-corrected chi connectivity index (χ4v) is 1.16. The summed E-state index contributed by atoms with van der Waals surface area (Å²) < 4.78 is 0. The van der Waals surface area contributed by atoms with Gasteiger partial charge in [-0.1, -0.05) is 0 Å². The summed E-state index contributed by atoms with van der Waals surface area (Å²) in [5.74, 6) is 0.109. The normalized spacial score (nSPS) is 9.83. The topological polar surface area (TPSA) is 83.3 Å². The number of nitrogens with zero attached hydrogens (tertiary/aromatic N) is 1. The molecule has 0 radical (unpaired) electrons. The first kappa shape index (κ1) is 8.45. The van der Waals surface area contributed by atoms with Crippen molar-refractivity contribution in [2.24, 2.45) is 0 Å². The Labute approximate surface area is 69.4 Å². The predicted molar refractivity (Wildman–Crippen MR) is 43.5 cm³/mol. The molecule has 12 heavy (non-hydrogen) atoms. The lowest BCUT2D eigenvalue weighted by Gasteiger charge is -1.96. The van der Waals surface area contributed by atoms with Crippen LogP contribution in [0.1, 0.15) is 11.3 Å². The summed E-state index contributed by atoms with van der Waals surface area (Å²) in [5.41, 5.74) is 6.78. The van der Waals surface area contributed by atoms with Gasteiger partial charge in [0, 0.05) is 5.56 Å². The molecule has 0 aliphatic carbocycles. The number of anilines is 1. The second-order valence-electron chi connectivity index (χ2n) is 2.65. The first-order chi connectivity index (χ1) is 5.52. The number of nitrogen functional groups attached to an aromatic ring is 1. The van der Waals surface area contributed by atoms with E-state index in [9.17, 15) is 10.1 Å². The van der Waals surface area contributed by atoms with Crippen LogP contribution in [0.2, 0.25) is 0 Å². The largest absolute Gasteiger partial charge is 0.359 e. The molecule has 3 N–H and O–H groups in total. The number of nitro groups is 1. The van der Waals surface area contributed by atoms with Crippen LogP contribution in [-0.2, 0) is 0 Å². The maximum absolute atomic E-state index is 10.5. The van der Waals surface area contributed by atoms with Crippen molar-refractivity contribution in [1.29, 1.82) is 0 Å². The van der Waals surface area contributed by atoms with Gasteiger partial charge in [0.2, 0.25) is 0 Å². The summed E-state index contributed by atoms with van der Waals surface area (Å²) in [6.45, 7) is 3.46. The smallest absolute Gasteiger partial charge is 0.281 e. The molecule has 0 unspecified atom stereocenters. The van der Waals surface area contributed by atoms with Crippen LogP contribution in [0.5, 0.6) is 0 Å². The minimum absolute atomic E-state index is 0.0411. The molecule has 0 saturated heterocycles. The van der Waals surface area contributed by atoms with Crippen molar-refractivity contribution < 1.29 is 9.91 Å². The molecule has 0 aliphatic rings. The van der Waals surface area contributed by atoms with Crippen molar-refractivity contribution in [3.63, 3.8) is 0 Å². The van der Waals surface area contributed by atoms with E-state index in [-0.39, 0.29) is 11.5 Å². The van der Waals surface area contributed by atoms with Crippen molar-refractivity contribution in [3.8, 4) is 0 Å². The van der Waals surface area contributed by atoms with Crippen LogP contribution in [0.15, 0.2) is 6.07 Å². The van der Waals surface area contributed by atoms with Gasteiger partial charge in [-0.2, -0.15) is 0 Å². The molecule has 5 heteroatoms. The van der Waals surface area contributed by atoms with E-state index in [1.54, 1.807) is 19.9 Å². The van der Waals surface area contributed by atoms with Crippen LogP contribution in [-0.4, -0.2) is 4.92 Å². The van der Waals surface area contributed by atoms with Gasteiger partial charge in [0.05, 0.1) is 10.6 Å². The second kappa shape index (κ2) is 2.77. The minimum atomic E-state index is -0.486. The highest BCUT2D eigenvalue weighted by atomic mass is 16.6. The third kappa shape index (κ3) is 1.34. The third-order valence-electron chi connectivity index (χ3n) is 1.58. The zero-order chi connectivity index (χ0) is 9.30. The Kier molecular flexibility index (Phi) is 1.95. The minimum Gasteiger partial charge on any atom is -0.281 e. The second-order valence-corrected chi connectivity index (χ2v) is 2.65. The fraction of sp³-hybridized carbons (Fsp3) is 0.286. The van der Waals surface area contributed by atoms with Gasteiger partial charge in [-0.15, -0.1) is 0 Å². The predicted octanol–water partition coefficient (Wildman–Crippen LogP) is 0.608. The number of nitrogens with one attached hydrogen (secondary N) is 1. The van der Waals surface area contributed by atoms with Gasteiger partial charge in [0.25, 0.3) is 0 Å². The van der Waals surface area contributed by atoms with Gasteiger partial charge in [-0.25, -0.2) is 4.98 Å². The molecule has 0 spiro atoms. The van der Waals surface area contributed by atoms with E-state index < -0.39 is 4.92 Å². The zero-order valence-corrected chi connectivity index (χ0v) is 6.92. The number of pyridine rings is 1. The Morgan fingerprint density at radius 3 is 2.58 bits per heavy atom. The maximum atomic E-state index is 10.5. The van der Waals surface area contributed by atoms with Crippen LogP contribution >= 0.6 is 0 Å². The SMILES string of the molecule is Cc1cc(C)c([N+](=O)[O-])c(N)[nH+]1. The number of aryl methyl sites for hydroxylation is 2. The molecule has 0 atom stereocenters. The highest BCUT2D eigenvalue weighted by Gasteiger charge is 2.21. The average molecular weight is 168 g/mol. The molecule has 0 aromatic carbocycles. The van der Waals surface area contributed by atoms with E-state index in [0.717, 1.165) is 5.69 Å². The number of H-pyrrole nitrogens is 1. The Hall–Kier alpha value is -1.65. The number of aromatic amines is 1. The van der Waals surface area contributed by atoms with Crippen molar-refractivity contribution in [3.05, 3.63) is 27.4 Å². The Morgan fingerprint density at radius 1 is 1.58 bits per heavy atom. The van der Waals surface area contributed by atoms with Crippen molar-refractivity contribution >= 4 is 11.5 Å². The van der Waals surface area contributed by atoms with Crippen LogP contribution in [0.25, 0.3) is 0 Å². The van der Waals surface area contributed by atoms with E-state index in [2.05, 4.69) is 4.98 Å². The van der Waals surface area contributed by atoms with E-state index in [4.69, 9.17) is 5.73 Å². The molecule has 1 aromatic rings. The molecule has 1 rings (SSSR count). The highest BCUT2D eigenvalue weighted by Crippen LogP contribution is 2.21. The lowest BCUT2D eigenvalue weighted by Crippen LogP contribution is -2.16. The van der Waals surface area contributed by atoms with Crippen LogP contribution in [0.4, 0.5) is 11.5 Å². The van der Waals surface area contributed by atoms with E-state index in [0.29, 0.717) is 5.56 Å². The lowest BCUT2D eigenvalue weighted by atomic mass is 10.2. The van der Waals surface area contributed by atoms with Gasteiger partial charge in [-0.05, 0) is 19.9 Å². The Balaban J connectivity index is 3.38. The van der Waals surface area contributed by atoms with Gasteiger partial charge in [0.15, 0.2) is 0 Å². The van der Waals surface area contributed by atoms with Crippen molar-refractivity contribution in [2.75, 3.05) is 5.73 Å². The van der Waals surface area contributed by atoms with E-state index in [1.165, 1.54) is 0 Å². The molecule has 1 heterocycles. The third-order valence-corrected chi connectivity index (χ3v) is 1.58. The summed E-state index contributed by atoms with van der Waals surface area (Å²) in [6.07, 6.45) is 0. The van der Waals surface area contributed by atoms with Crippen LogP contribution in [0, 0.1) is 24.0 Å². The first-order valence-corrected chi connectivity index (χ1v) is 3.45. The summed E-state index contributed by atoms with van der Waals surface area (Å²) in [5, 5.41) is 10.5. The summed E-state index contributed by atoms with van der Waals surface area (Å²) in [4.78, 5) is 12.7. The quantitative estimate of drug-likeness (QED) is 0.492. The van der Waals surface area contributed by atoms with Crippen molar-refractivity contribution in [1.82, 2.24) is 0 Å². The summed E-state index contributed by atoms with van der Waals surface area (Å²) >= 11 is 0.